The summed E-state index contributed by atoms with van der Waals surface area (Å²) in [5, 5.41) is 11.4. The van der Waals surface area contributed by atoms with Crippen LogP contribution in [0.3, 0.4) is 0 Å². The zero-order valence-electron chi connectivity index (χ0n) is 16.4. The van der Waals surface area contributed by atoms with E-state index in [2.05, 4.69) is 15.0 Å². The van der Waals surface area contributed by atoms with Gasteiger partial charge in [0.15, 0.2) is 28.4 Å². The van der Waals surface area contributed by atoms with Gasteiger partial charge in [0.25, 0.3) is 0 Å². The number of imidazole rings is 1. The van der Waals surface area contributed by atoms with Gasteiger partial charge in [-0.3, -0.25) is 13.6 Å². The Balaban J connectivity index is 1.53. The second-order valence-corrected chi connectivity index (χ2v) is 9.65. The molecular formula is C18H20N5O6PS. The highest BCUT2D eigenvalue weighted by molar-refractivity contribution is 7.98. The summed E-state index contributed by atoms with van der Waals surface area (Å²) in [7, 11) is -4.24. The molecule has 0 amide bonds. The fourth-order valence-electron chi connectivity index (χ4n) is 3.70. The molecule has 164 valence electrons. The molecule has 1 aromatic carbocycles. The van der Waals surface area contributed by atoms with Crippen LogP contribution in [0.5, 0.6) is 0 Å². The van der Waals surface area contributed by atoms with Crippen LogP contribution in [0.1, 0.15) is 17.4 Å². The van der Waals surface area contributed by atoms with Gasteiger partial charge in [0.1, 0.15) is 24.6 Å². The first-order valence-electron chi connectivity index (χ1n) is 9.49. The highest BCUT2D eigenvalue weighted by Gasteiger charge is 2.53. The van der Waals surface area contributed by atoms with E-state index in [9.17, 15) is 14.6 Å². The van der Waals surface area contributed by atoms with Gasteiger partial charge >= 0.3 is 7.82 Å². The number of rotatable bonds is 4. The van der Waals surface area contributed by atoms with Gasteiger partial charge in [-0.25, -0.2) is 19.5 Å². The number of ether oxygens (including phenoxy) is 1. The van der Waals surface area contributed by atoms with E-state index in [0.717, 1.165) is 11.1 Å². The van der Waals surface area contributed by atoms with E-state index in [0.29, 0.717) is 22.1 Å². The summed E-state index contributed by atoms with van der Waals surface area (Å²) in [4.78, 5) is 22.5. The smallest absolute Gasteiger partial charge is 0.386 e. The van der Waals surface area contributed by atoms with Crippen LogP contribution in [-0.4, -0.2) is 54.4 Å². The number of thioether (sulfide) groups is 1. The van der Waals surface area contributed by atoms with Crippen LogP contribution in [0.2, 0.25) is 0 Å². The Hall–Kier alpha value is -2.05. The minimum Gasteiger partial charge on any atom is -0.386 e. The Morgan fingerprint density at radius 2 is 2.16 bits per heavy atom. The van der Waals surface area contributed by atoms with Crippen LogP contribution in [0.25, 0.3) is 11.2 Å². The van der Waals surface area contributed by atoms with Gasteiger partial charge in [-0.15, -0.1) is 0 Å². The second-order valence-electron chi connectivity index (χ2n) is 7.30. The number of hydrogen-bond donors (Lipinski definition) is 3. The van der Waals surface area contributed by atoms with E-state index >= 15 is 0 Å². The second kappa shape index (κ2) is 7.82. The van der Waals surface area contributed by atoms with Gasteiger partial charge in [-0.2, -0.15) is 0 Å². The molecule has 5 atom stereocenters. The first-order valence-corrected chi connectivity index (χ1v) is 12.0. The van der Waals surface area contributed by atoms with Crippen molar-refractivity contribution in [3.8, 4) is 0 Å². The fourth-order valence-corrected chi connectivity index (χ4v) is 5.76. The highest BCUT2D eigenvalue weighted by Crippen LogP contribution is 2.53. The Labute approximate surface area is 181 Å². The zero-order valence-corrected chi connectivity index (χ0v) is 18.1. The van der Waals surface area contributed by atoms with Crippen LogP contribution in [-0.2, 0) is 24.1 Å². The van der Waals surface area contributed by atoms with E-state index in [4.69, 9.17) is 19.5 Å². The van der Waals surface area contributed by atoms with Gasteiger partial charge in [0, 0.05) is 5.75 Å². The molecule has 4 N–H and O–H groups in total. The van der Waals surface area contributed by atoms with Crippen molar-refractivity contribution in [2.45, 2.75) is 42.4 Å². The number of nitrogens with two attached hydrogens (primary N) is 1. The predicted octanol–water partition coefficient (Wildman–Crippen LogP) is 1.78. The van der Waals surface area contributed by atoms with Crippen molar-refractivity contribution in [2.24, 2.45) is 0 Å². The molecule has 1 unspecified atom stereocenters. The molecule has 2 saturated heterocycles. The van der Waals surface area contributed by atoms with Gasteiger partial charge in [-0.05, 0) is 18.1 Å². The molecule has 2 aliphatic rings. The summed E-state index contributed by atoms with van der Waals surface area (Å²) in [6.07, 6.45) is -2.65. The van der Waals surface area contributed by atoms with E-state index < -0.39 is 32.4 Å². The van der Waals surface area contributed by atoms with Gasteiger partial charge < -0.3 is 20.5 Å². The SMILES string of the molecule is Cc1ccccc1CSc1nc2c(N)ncnc2n1[C@@H]1O[C@@H]2COP(=O)(O)O[C@H]2[C@H]1O. The van der Waals surface area contributed by atoms with Crippen LogP contribution in [0.4, 0.5) is 5.82 Å². The quantitative estimate of drug-likeness (QED) is 0.381. The van der Waals surface area contributed by atoms with Crippen molar-refractivity contribution in [1.29, 1.82) is 0 Å². The summed E-state index contributed by atoms with van der Waals surface area (Å²) in [5.41, 5.74) is 9.04. The van der Waals surface area contributed by atoms with Crippen LogP contribution in [0, 0.1) is 6.92 Å². The number of nitrogen functional groups attached to an aromatic ring is 1. The van der Waals surface area contributed by atoms with Crippen molar-refractivity contribution in [2.75, 3.05) is 12.3 Å². The first kappa shape index (κ1) is 20.8. The molecule has 0 bridgehead atoms. The summed E-state index contributed by atoms with van der Waals surface area (Å²) in [5.74, 6) is 0.815. The molecule has 4 heterocycles. The Kier molecular flexibility index (Phi) is 5.25. The van der Waals surface area contributed by atoms with E-state index in [1.54, 1.807) is 4.57 Å². The number of aliphatic hydroxyl groups is 1. The standard InChI is InChI=1S/C18H20N5O6PS/c1-9-4-2-3-5-10(9)7-31-18-22-12-15(19)20-8-21-16(12)23(18)17-13(24)14-11(28-17)6-27-30(25,26)29-14/h2-5,8,11,13-14,17,24H,6-7H2,1H3,(H,25,26)(H2,19,20,21)/t11-,13-,14-,17-/m1/s1. The number of fused-ring (bicyclic) bond motifs is 2. The number of nitrogens with zero attached hydrogens (tertiary/aromatic N) is 4. The lowest BCUT2D eigenvalue weighted by atomic mass is 10.1. The Morgan fingerprint density at radius 1 is 1.35 bits per heavy atom. The molecule has 13 heteroatoms. The summed E-state index contributed by atoms with van der Waals surface area (Å²) in [6, 6.07) is 8.00. The van der Waals surface area contributed by atoms with Gasteiger partial charge in [0.2, 0.25) is 0 Å². The topological polar surface area (TPSA) is 155 Å². The van der Waals surface area contributed by atoms with Crippen LogP contribution in [0.15, 0.2) is 35.7 Å². The van der Waals surface area contributed by atoms with Crippen LogP contribution >= 0.6 is 19.6 Å². The Bertz CT molecular complexity index is 1190. The van der Waals surface area contributed by atoms with Crippen molar-refractivity contribution >= 4 is 36.6 Å². The van der Waals surface area contributed by atoms with Gasteiger partial charge in [0.05, 0.1) is 6.61 Å². The molecule has 2 aliphatic heterocycles. The summed E-state index contributed by atoms with van der Waals surface area (Å²) in [6.45, 7) is 1.85. The lowest BCUT2D eigenvalue weighted by molar-refractivity contribution is -0.0684. The lowest BCUT2D eigenvalue weighted by Gasteiger charge is -2.27. The molecule has 3 aromatic rings. The maximum Gasteiger partial charge on any atom is 0.472 e. The molecule has 0 radical (unpaired) electrons. The van der Waals surface area contributed by atoms with Crippen molar-refractivity contribution in [1.82, 2.24) is 19.5 Å². The molecule has 5 rings (SSSR count). The molecule has 0 aliphatic carbocycles. The number of phosphoric ester groups is 1. The molecule has 0 saturated carbocycles. The van der Waals surface area contributed by atoms with Crippen LogP contribution < -0.4 is 5.73 Å². The molecule has 2 fully saturated rings. The molecule has 31 heavy (non-hydrogen) atoms. The third kappa shape index (κ3) is 3.74. The maximum atomic E-state index is 11.8. The van der Waals surface area contributed by atoms with E-state index in [1.165, 1.54) is 18.1 Å². The van der Waals surface area contributed by atoms with Gasteiger partial charge in [-0.1, -0.05) is 36.0 Å². The monoisotopic (exact) mass is 465 g/mol. The summed E-state index contributed by atoms with van der Waals surface area (Å²) < 4.78 is 29.3. The minimum absolute atomic E-state index is 0.179. The average molecular weight is 465 g/mol. The first-order chi connectivity index (χ1) is 14.8. The van der Waals surface area contributed by atoms with Crippen molar-refractivity contribution in [3.63, 3.8) is 0 Å². The highest BCUT2D eigenvalue weighted by atomic mass is 32.2. The predicted molar refractivity (Wildman–Crippen MR) is 111 cm³/mol. The molecule has 2 aromatic heterocycles. The van der Waals surface area contributed by atoms with E-state index in [-0.39, 0.29) is 12.4 Å². The fraction of sp³-hybridized carbons (Fsp3) is 0.389. The third-order valence-corrected chi connectivity index (χ3v) is 7.30. The average Bonchev–Trinajstić information content (AvgIpc) is 3.25. The number of anilines is 1. The Morgan fingerprint density at radius 3 is 2.97 bits per heavy atom. The maximum absolute atomic E-state index is 11.8. The number of aliphatic hydroxyl groups excluding tert-OH is 1. The minimum atomic E-state index is -4.24. The normalized spacial score (nSPS) is 30.5. The molecule has 11 nitrogen and oxygen atoms in total. The number of phosphoric acid groups is 1. The zero-order chi connectivity index (χ0) is 21.8. The third-order valence-electron chi connectivity index (χ3n) is 5.31. The molecule has 0 spiro atoms. The number of hydrogen-bond acceptors (Lipinski definition) is 10. The van der Waals surface area contributed by atoms with Crippen molar-refractivity contribution < 1.29 is 28.3 Å². The lowest BCUT2D eigenvalue weighted by Crippen LogP contribution is -2.39. The number of benzene rings is 1. The molecular weight excluding hydrogens is 445 g/mol. The summed E-state index contributed by atoms with van der Waals surface area (Å²) >= 11 is 1.43. The van der Waals surface area contributed by atoms with E-state index in [1.807, 2.05) is 31.2 Å². The number of aromatic nitrogens is 4. The van der Waals surface area contributed by atoms with Crippen molar-refractivity contribution in [3.05, 3.63) is 41.7 Å². The number of aryl methyl sites for hydroxylation is 1. The largest absolute Gasteiger partial charge is 0.472 e.